The van der Waals surface area contributed by atoms with Crippen molar-refractivity contribution in [2.75, 3.05) is 46.8 Å². The van der Waals surface area contributed by atoms with Crippen LogP contribution in [0.15, 0.2) is 0 Å². The fourth-order valence-corrected chi connectivity index (χ4v) is 2.29. The maximum atomic E-state index is 3.48. The zero-order chi connectivity index (χ0) is 13.8. The number of nitrogens with one attached hydrogen (secondary N) is 1. The summed E-state index contributed by atoms with van der Waals surface area (Å²) < 4.78 is 0. The molecule has 0 amide bonds. The largest absolute Gasteiger partial charge is 0.317 e. The molecule has 0 heterocycles. The van der Waals surface area contributed by atoms with Gasteiger partial charge in [0.25, 0.3) is 0 Å². The highest BCUT2D eigenvalue weighted by molar-refractivity contribution is 4.67. The lowest BCUT2D eigenvalue weighted by Gasteiger charge is -2.28. The minimum Gasteiger partial charge on any atom is -0.317 e. The number of hydrogen-bond donors (Lipinski definition) is 1. The summed E-state index contributed by atoms with van der Waals surface area (Å²) in [6.07, 6.45) is 5.12. The van der Waals surface area contributed by atoms with Crippen molar-refractivity contribution in [3.8, 4) is 0 Å². The molecule has 3 nitrogen and oxygen atoms in total. The third kappa shape index (κ3) is 9.86. The van der Waals surface area contributed by atoms with E-state index in [2.05, 4.69) is 50.0 Å². The van der Waals surface area contributed by atoms with E-state index in [-0.39, 0.29) is 0 Å². The first-order chi connectivity index (χ1) is 8.61. The van der Waals surface area contributed by atoms with Gasteiger partial charge in [0.05, 0.1) is 0 Å². The van der Waals surface area contributed by atoms with Crippen LogP contribution in [0.3, 0.4) is 0 Å². The van der Waals surface area contributed by atoms with Crippen molar-refractivity contribution < 1.29 is 0 Å². The van der Waals surface area contributed by atoms with Crippen molar-refractivity contribution in [1.29, 1.82) is 0 Å². The Balaban J connectivity index is 3.64. The molecule has 0 saturated heterocycles. The van der Waals surface area contributed by atoms with Crippen LogP contribution in [0.4, 0.5) is 0 Å². The quantitative estimate of drug-likeness (QED) is 0.542. The van der Waals surface area contributed by atoms with E-state index in [9.17, 15) is 0 Å². The number of rotatable bonds is 12. The van der Waals surface area contributed by atoms with Gasteiger partial charge in [-0.1, -0.05) is 13.8 Å². The van der Waals surface area contributed by atoms with Crippen molar-refractivity contribution in [1.82, 2.24) is 15.1 Å². The topological polar surface area (TPSA) is 18.5 Å². The molecule has 0 aromatic heterocycles. The van der Waals surface area contributed by atoms with Gasteiger partial charge in [0.15, 0.2) is 0 Å². The predicted octanol–water partition coefficient (Wildman–Crippen LogP) is 2.43. The molecule has 1 atom stereocenters. The minimum atomic E-state index is 0.723. The molecule has 0 aromatic carbocycles. The molecule has 3 heteroatoms. The van der Waals surface area contributed by atoms with Gasteiger partial charge in [-0.25, -0.2) is 0 Å². The summed E-state index contributed by atoms with van der Waals surface area (Å²) in [5.41, 5.74) is 0. The van der Waals surface area contributed by atoms with Gasteiger partial charge in [-0.05, 0) is 79.4 Å². The Labute approximate surface area is 115 Å². The molecule has 0 rings (SSSR count). The Hall–Kier alpha value is -0.120. The molecule has 0 aliphatic rings. The summed E-state index contributed by atoms with van der Waals surface area (Å²) in [6.45, 7) is 12.8. The summed E-state index contributed by atoms with van der Waals surface area (Å²) >= 11 is 0. The van der Waals surface area contributed by atoms with Crippen LogP contribution in [-0.4, -0.2) is 62.7 Å². The van der Waals surface area contributed by atoms with Crippen LogP contribution in [-0.2, 0) is 0 Å². The van der Waals surface area contributed by atoms with Crippen LogP contribution in [0.2, 0.25) is 0 Å². The van der Waals surface area contributed by atoms with Gasteiger partial charge in [-0.2, -0.15) is 0 Å². The van der Waals surface area contributed by atoms with E-state index in [1.807, 2.05) is 0 Å². The van der Waals surface area contributed by atoms with E-state index in [0.29, 0.717) is 0 Å². The second kappa shape index (κ2) is 11.9. The number of nitrogens with zero attached hydrogens (tertiary/aromatic N) is 2. The Morgan fingerprint density at radius 2 is 1.72 bits per heavy atom. The maximum Gasteiger partial charge on any atom is 0.00672 e. The van der Waals surface area contributed by atoms with E-state index in [1.54, 1.807) is 0 Å². The van der Waals surface area contributed by atoms with Crippen LogP contribution in [0.5, 0.6) is 0 Å². The normalized spacial score (nSPS) is 13.5. The second-order valence-electron chi connectivity index (χ2n) is 5.53. The van der Waals surface area contributed by atoms with Gasteiger partial charge in [-0.15, -0.1) is 0 Å². The highest BCUT2D eigenvalue weighted by Gasteiger charge is 2.11. The Morgan fingerprint density at radius 3 is 2.28 bits per heavy atom. The lowest BCUT2D eigenvalue weighted by molar-refractivity contribution is 0.197. The van der Waals surface area contributed by atoms with Crippen molar-refractivity contribution in [2.45, 2.75) is 52.5 Å². The summed E-state index contributed by atoms with van der Waals surface area (Å²) in [5, 5.41) is 3.48. The first-order valence-electron chi connectivity index (χ1n) is 7.71. The Bertz CT molecular complexity index is 171. The van der Waals surface area contributed by atoms with E-state index >= 15 is 0 Å². The molecule has 1 unspecified atom stereocenters. The van der Waals surface area contributed by atoms with Crippen LogP contribution in [0.25, 0.3) is 0 Å². The highest BCUT2D eigenvalue weighted by atomic mass is 15.1. The average molecular weight is 257 g/mol. The highest BCUT2D eigenvalue weighted by Crippen LogP contribution is 2.07. The molecular weight excluding hydrogens is 222 g/mol. The van der Waals surface area contributed by atoms with Crippen LogP contribution < -0.4 is 5.32 Å². The van der Waals surface area contributed by atoms with Crippen molar-refractivity contribution in [2.24, 2.45) is 0 Å². The zero-order valence-corrected chi connectivity index (χ0v) is 13.3. The minimum absolute atomic E-state index is 0.723. The van der Waals surface area contributed by atoms with Crippen LogP contribution >= 0.6 is 0 Å². The molecule has 110 valence electrons. The predicted molar refractivity (Wildman–Crippen MR) is 82.3 cm³/mol. The lowest BCUT2D eigenvalue weighted by atomic mass is 10.1. The zero-order valence-electron chi connectivity index (χ0n) is 13.3. The average Bonchev–Trinajstić information content (AvgIpc) is 2.33. The Morgan fingerprint density at radius 1 is 1.00 bits per heavy atom. The summed E-state index contributed by atoms with van der Waals surface area (Å²) in [7, 11) is 4.30. The van der Waals surface area contributed by atoms with Gasteiger partial charge in [-0.3, -0.25) is 0 Å². The van der Waals surface area contributed by atoms with Crippen molar-refractivity contribution >= 4 is 0 Å². The fraction of sp³-hybridized carbons (Fsp3) is 1.00. The van der Waals surface area contributed by atoms with E-state index < -0.39 is 0 Å². The summed E-state index contributed by atoms with van der Waals surface area (Å²) in [4.78, 5) is 4.89. The molecule has 0 spiro atoms. The summed E-state index contributed by atoms with van der Waals surface area (Å²) in [6, 6.07) is 0.723. The van der Waals surface area contributed by atoms with E-state index in [0.717, 1.165) is 12.6 Å². The fourth-order valence-electron chi connectivity index (χ4n) is 2.29. The van der Waals surface area contributed by atoms with Gasteiger partial charge >= 0.3 is 0 Å². The Kier molecular flexibility index (Phi) is 11.9. The molecule has 0 aliphatic carbocycles. The van der Waals surface area contributed by atoms with Gasteiger partial charge in [0.1, 0.15) is 0 Å². The smallest absolute Gasteiger partial charge is 0.00672 e. The molecule has 18 heavy (non-hydrogen) atoms. The number of hydrogen-bond acceptors (Lipinski definition) is 3. The SMILES string of the molecule is CCCNCCCC(C)N(CC)CCCN(C)C. The van der Waals surface area contributed by atoms with Crippen molar-refractivity contribution in [3.05, 3.63) is 0 Å². The van der Waals surface area contributed by atoms with Gasteiger partial charge < -0.3 is 15.1 Å². The molecular formula is C15H35N3. The first kappa shape index (κ1) is 17.9. The standard InChI is InChI=1S/C15H35N3/c1-6-11-16-12-8-10-15(3)18(7-2)14-9-13-17(4)5/h15-16H,6-14H2,1-5H3. The maximum absolute atomic E-state index is 3.48. The molecule has 0 radical (unpaired) electrons. The third-order valence-corrected chi connectivity index (χ3v) is 3.48. The van der Waals surface area contributed by atoms with Gasteiger partial charge in [0.2, 0.25) is 0 Å². The first-order valence-corrected chi connectivity index (χ1v) is 7.71. The molecule has 0 aliphatic heterocycles. The molecule has 0 aromatic rings. The molecule has 1 N–H and O–H groups in total. The van der Waals surface area contributed by atoms with Crippen LogP contribution in [0, 0.1) is 0 Å². The summed E-state index contributed by atoms with van der Waals surface area (Å²) in [5.74, 6) is 0. The lowest BCUT2D eigenvalue weighted by Crippen LogP contribution is -2.35. The monoisotopic (exact) mass is 257 g/mol. The van der Waals surface area contributed by atoms with E-state index in [1.165, 1.54) is 51.9 Å². The molecule has 0 bridgehead atoms. The second-order valence-corrected chi connectivity index (χ2v) is 5.53. The molecule has 0 fully saturated rings. The van der Waals surface area contributed by atoms with E-state index in [4.69, 9.17) is 0 Å². The molecule has 0 saturated carbocycles. The van der Waals surface area contributed by atoms with Crippen LogP contribution in [0.1, 0.15) is 46.5 Å². The van der Waals surface area contributed by atoms with Crippen molar-refractivity contribution in [3.63, 3.8) is 0 Å². The third-order valence-electron chi connectivity index (χ3n) is 3.48. The van der Waals surface area contributed by atoms with Gasteiger partial charge in [0, 0.05) is 6.04 Å².